The quantitative estimate of drug-likeness (QED) is 0.736. The molecule has 1 heterocycles. The first kappa shape index (κ1) is 10.7. The Balaban J connectivity index is 2.36. The van der Waals surface area contributed by atoms with Crippen LogP contribution < -0.4 is 0 Å². The Kier molecular flexibility index (Phi) is 2.90. The van der Waals surface area contributed by atoms with E-state index < -0.39 is 0 Å². The summed E-state index contributed by atoms with van der Waals surface area (Å²) in [5.74, 6) is -0.212. The van der Waals surface area contributed by atoms with Gasteiger partial charge in [0.15, 0.2) is 0 Å². The van der Waals surface area contributed by atoms with Crippen molar-refractivity contribution >= 4 is 16.9 Å². The Morgan fingerprint density at radius 2 is 2.19 bits per heavy atom. The second kappa shape index (κ2) is 4.35. The molecule has 0 spiro atoms. The molecule has 0 N–H and O–H groups in total. The van der Waals surface area contributed by atoms with Gasteiger partial charge in [0.05, 0.1) is 24.2 Å². The van der Waals surface area contributed by atoms with Crippen molar-refractivity contribution in [2.24, 2.45) is 7.05 Å². The molecule has 2 aromatic rings. The second-order valence-electron chi connectivity index (χ2n) is 3.57. The van der Waals surface area contributed by atoms with Crippen LogP contribution in [-0.2, 0) is 23.0 Å². The fourth-order valence-electron chi connectivity index (χ4n) is 1.76. The standard InChI is InChI=1S/C12H14N2O2/c1-3-16-12(15)8-11-9-6-4-5-7-10(9)13-14(11)2/h4-7H,3,8H2,1-2H3. The number of carbonyl (C=O) groups is 1. The Labute approximate surface area is 93.8 Å². The maximum atomic E-state index is 11.4. The van der Waals surface area contributed by atoms with Crippen molar-refractivity contribution in [3.8, 4) is 0 Å². The number of hydrogen-bond acceptors (Lipinski definition) is 3. The number of carbonyl (C=O) groups excluding carboxylic acids is 1. The predicted molar refractivity (Wildman–Crippen MR) is 61.1 cm³/mol. The van der Waals surface area contributed by atoms with Gasteiger partial charge in [0.1, 0.15) is 0 Å². The molecule has 1 aromatic heterocycles. The second-order valence-corrected chi connectivity index (χ2v) is 3.57. The van der Waals surface area contributed by atoms with Crippen LogP contribution in [0, 0.1) is 0 Å². The van der Waals surface area contributed by atoms with Crippen LogP contribution in [0.3, 0.4) is 0 Å². The number of ether oxygens (including phenoxy) is 1. The molecule has 0 amide bonds. The topological polar surface area (TPSA) is 44.1 Å². The zero-order valence-electron chi connectivity index (χ0n) is 9.43. The fourth-order valence-corrected chi connectivity index (χ4v) is 1.76. The summed E-state index contributed by atoms with van der Waals surface area (Å²) in [4.78, 5) is 11.4. The zero-order valence-corrected chi connectivity index (χ0v) is 9.43. The maximum absolute atomic E-state index is 11.4. The first-order valence-corrected chi connectivity index (χ1v) is 5.28. The van der Waals surface area contributed by atoms with Crippen molar-refractivity contribution in [1.29, 1.82) is 0 Å². The van der Waals surface area contributed by atoms with E-state index in [-0.39, 0.29) is 12.4 Å². The average Bonchev–Trinajstić information content (AvgIpc) is 2.56. The van der Waals surface area contributed by atoms with Crippen molar-refractivity contribution in [3.63, 3.8) is 0 Å². The molecular weight excluding hydrogens is 204 g/mol. The SMILES string of the molecule is CCOC(=O)Cc1c2ccccc2nn1C. The molecule has 0 unspecified atom stereocenters. The third-order valence-corrected chi connectivity index (χ3v) is 2.48. The van der Waals surface area contributed by atoms with Gasteiger partial charge in [-0.05, 0) is 13.0 Å². The molecule has 16 heavy (non-hydrogen) atoms. The van der Waals surface area contributed by atoms with Crippen molar-refractivity contribution in [3.05, 3.63) is 30.0 Å². The van der Waals surface area contributed by atoms with Crippen molar-refractivity contribution < 1.29 is 9.53 Å². The van der Waals surface area contributed by atoms with E-state index in [0.29, 0.717) is 6.61 Å². The molecule has 4 nitrogen and oxygen atoms in total. The molecule has 4 heteroatoms. The number of esters is 1. The van der Waals surface area contributed by atoms with E-state index in [1.54, 1.807) is 11.6 Å². The molecule has 84 valence electrons. The number of aromatic nitrogens is 2. The molecule has 0 radical (unpaired) electrons. The number of rotatable bonds is 3. The van der Waals surface area contributed by atoms with Crippen LogP contribution >= 0.6 is 0 Å². The van der Waals surface area contributed by atoms with Crippen LogP contribution in [0.4, 0.5) is 0 Å². The minimum absolute atomic E-state index is 0.212. The van der Waals surface area contributed by atoms with Crippen LogP contribution in [0.15, 0.2) is 24.3 Å². The lowest BCUT2D eigenvalue weighted by Gasteiger charge is -2.02. The summed E-state index contributed by atoms with van der Waals surface area (Å²) in [5, 5.41) is 5.35. The molecular formula is C12H14N2O2. The van der Waals surface area contributed by atoms with E-state index in [2.05, 4.69) is 5.10 Å². The Morgan fingerprint density at radius 1 is 1.44 bits per heavy atom. The number of hydrogen-bond donors (Lipinski definition) is 0. The molecule has 0 saturated carbocycles. The van der Waals surface area contributed by atoms with E-state index in [1.165, 1.54) is 0 Å². The van der Waals surface area contributed by atoms with Crippen LogP contribution in [-0.4, -0.2) is 22.4 Å². The number of fused-ring (bicyclic) bond motifs is 1. The molecule has 0 fully saturated rings. The summed E-state index contributed by atoms with van der Waals surface area (Å²) < 4.78 is 6.68. The normalized spacial score (nSPS) is 10.6. The molecule has 2 rings (SSSR count). The predicted octanol–water partition coefficient (Wildman–Crippen LogP) is 1.68. The van der Waals surface area contributed by atoms with Crippen molar-refractivity contribution in [2.75, 3.05) is 6.61 Å². The third kappa shape index (κ3) is 1.91. The van der Waals surface area contributed by atoms with E-state index >= 15 is 0 Å². The van der Waals surface area contributed by atoms with Gasteiger partial charge in [-0.15, -0.1) is 0 Å². The van der Waals surface area contributed by atoms with Gasteiger partial charge >= 0.3 is 5.97 Å². The highest BCUT2D eigenvalue weighted by molar-refractivity contribution is 5.85. The Bertz CT molecular complexity index is 517. The molecule has 0 atom stereocenters. The average molecular weight is 218 g/mol. The highest BCUT2D eigenvalue weighted by atomic mass is 16.5. The number of aryl methyl sites for hydroxylation is 1. The monoisotopic (exact) mass is 218 g/mol. The van der Waals surface area contributed by atoms with Crippen LogP contribution in [0.2, 0.25) is 0 Å². The lowest BCUT2D eigenvalue weighted by atomic mass is 10.2. The summed E-state index contributed by atoms with van der Waals surface area (Å²) in [6.45, 7) is 2.22. The van der Waals surface area contributed by atoms with Gasteiger partial charge in [0.25, 0.3) is 0 Å². The molecule has 0 saturated heterocycles. The lowest BCUT2D eigenvalue weighted by molar-refractivity contribution is -0.142. The lowest BCUT2D eigenvalue weighted by Crippen LogP contribution is -2.10. The molecule has 0 aliphatic heterocycles. The summed E-state index contributed by atoms with van der Waals surface area (Å²) in [5.41, 5.74) is 1.80. The van der Waals surface area contributed by atoms with Gasteiger partial charge < -0.3 is 4.74 Å². The van der Waals surface area contributed by atoms with Gasteiger partial charge in [0, 0.05) is 12.4 Å². The van der Waals surface area contributed by atoms with Crippen LogP contribution in [0.25, 0.3) is 10.9 Å². The number of benzene rings is 1. The highest BCUT2D eigenvalue weighted by Crippen LogP contribution is 2.17. The summed E-state index contributed by atoms with van der Waals surface area (Å²) in [7, 11) is 1.84. The molecule has 1 aromatic carbocycles. The molecule has 0 aliphatic rings. The Morgan fingerprint density at radius 3 is 2.94 bits per heavy atom. The first-order chi connectivity index (χ1) is 7.72. The minimum Gasteiger partial charge on any atom is -0.466 e. The molecule has 0 aliphatic carbocycles. The molecule has 0 bridgehead atoms. The van der Waals surface area contributed by atoms with Crippen LogP contribution in [0.5, 0.6) is 0 Å². The van der Waals surface area contributed by atoms with E-state index in [1.807, 2.05) is 31.3 Å². The maximum Gasteiger partial charge on any atom is 0.311 e. The zero-order chi connectivity index (χ0) is 11.5. The van der Waals surface area contributed by atoms with E-state index in [9.17, 15) is 4.79 Å². The number of nitrogens with zero attached hydrogens (tertiary/aromatic N) is 2. The van der Waals surface area contributed by atoms with Gasteiger partial charge in [-0.2, -0.15) is 5.10 Å². The van der Waals surface area contributed by atoms with Crippen molar-refractivity contribution in [2.45, 2.75) is 13.3 Å². The minimum atomic E-state index is -0.212. The van der Waals surface area contributed by atoms with Crippen LogP contribution in [0.1, 0.15) is 12.6 Å². The van der Waals surface area contributed by atoms with E-state index in [0.717, 1.165) is 16.6 Å². The van der Waals surface area contributed by atoms with Gasteiger partial charge in [0.2, 0.25) is 0 Å². The summed E-state index contributed by atoms with van der Waals surface area (Å²) in [6, 6.07) is 7.78. The Hall–Kier alpha value is -1.84. The first-order valence-electron chi connectivity index (χ1n) is 5.28. The summed E-state index contributed by atoms with van der Waals surface area (Å²) in [6.07, 6.45) is 0.269. The fraction of sp³-hybridized carbons (Fsp3) is 0.333. The van der Waals surface area contributed by atoms with Crippen molar-refractivity contribution in [1.82, 2.24) is 9.78 Å². The summed E-state index contributed by atoms with van der Waals surface area (Å²) >= 11 is 0. The highest BCUT2D eigenvalue weighted by Gasteiger charge is 2.12. The van der Waals surface area contributed by atoms with Gasteiger partial charge in [-0.3, -0.25) is 9.48 Å². The van der Waals surface area contributed by atoms with E-state index in [4.69, 9.17) is 4.74 Å². The van der Waals surface area contributed by atoms with Gasteiger partial charge in [-0.25, -0.2) is 0 Å². The van der Waals surface area contributed by atoms with Gasteiger partial charge in [-0.1, -0.05) is 18.2 Å². The smallest absolute Gasteiger partial charge is 0.311 e. The largest absolute Gasteiger partial charge is 0.466 e. The third-order valence-electron chi connectivity index (χ3n) is 2.48.